The highest BCUT2D eigenvalue weighted by Gasteiger charge is 2.42. The van der Waals surface area contributed by atoms with E-state index in [-0.39, 0.29) is 6.61 Å². The Labute approximate surface area is 74.3 Å². The highest BCUT2D eigenvalue weighted by molar-refractivity contribution is 4.88. The molecule has 1 heterocycles. The molecule has 0 saturated carbocycles. The number of ether oxygens (including phenoxy) is 1. The smallest absolute Gasteiger partial charge is 0.184 e. The molecule has 7 nitrogen and oxygen atoms in total. The van der Waals surface area contributed by atoms with Crippen LogP contribution in [-0.2, 0) is 9.57 Å². The molecule has 1 unspecified atom stereocenters. The molecule has 1 saturated heterocycles. The summed E-state index contributed by atoms with van der Waals surface area (Å²) in [6.45, 7) is -0.179. The van der Waals surface area contributed by atoms with E-state index in [0.29, 0.717) is 0 Å². The molecule has 0 bridgehead atoms. The molecule has 1 aliphatic heterocycles. The lowest BCUT2D eigenvalue weighted by Gasteiger charge is -2.37. The molecular formula is C6H13NO6. The number of rotatable bonds is 2. The van der Waals surface area contributed by atoms with Gasteiger partial charge in [-0.2, -0.15) is 0 Å². The van der Waals surface area contributed by atoms with E-state index in [0.717, 1.165) is 0 Å². The lowest BCUT2D eigenvalue weighted by Crippen LogP contribution is -2.58. The molecule has 0 aromatic carbocycles. The largest absolute Gasteiger partial charge is 0.387 e. The summed E-state index contributed by atoms with van der Waals surface area (Å²) in [7, 11) is 0. The Balaban J connectivity index is 2.59. The van der Waals surface area contributed by atoms with Crippen LogP contribution in [0.25, 0.3) is 0 Å². The van der Waals surface area contributed by atoms with Crippen LogP contribution in [0.2, 0.25) is 0 Å². The number of nitrogens with two attached hydrogens (primary N) is 1. The lowest BCUT2D eigenvalue weighted by molar-refractivity contribution is -0.288. The van der Waals surface area contributed by atoms with Crippen LogP contribution >= 0.6 is 0 Å². The first-order chi connectivity index (χ1) is 6.07. The maximum Gasteiger partial charge on any atom is 0.184 e. The minimum absolute atomic E-state index is 0.179. The van der Waals surface area contributed by atoms with Gasteiger partial charge in [-0.3, -0.25) is 0 Å². The van der Waals surface area contributed by atoms with Crippen LogP contribution in [0.1, 0.15) is 0 Å². The highest BCUT2D eigenvalue weighted by Crippen LogP contribution is 2.19. The van der Waals surface area contributed by atoms with Crippen molar-refractivity contribution in [2.75, 3.05) is 6.61 Å². The van der Waals surface area contributed by atoms with Gasteiger partial charge in [0.15, 0.2) is 6.29 Å². The zero-order chi connectivity index (χ0) is 10.0. The van der Waals surface area contributed by atoms with Crippen LogP contribution in [0.15, 0.2) is 0 Å². The van der Waals surface area contributed by atoms with Crippen molar-refractivity contribution < 1.29 is 30.0 Å². The zero-order valence-corrected chi connectivity index (χ0v) is 6.78. The van der Waals surface area contributed by atoms with Gasteiger partial charge in [0, 0.05) is 0 Å². The first-order valence-electron chi connectivity index (χ1n) is 3.77. The standard InChI is InChI=1S/C6H13NO6/c7-12-1-2-3(8)4(9)5(10)6(11)13-2/h2-6,8-11H,1,7H2/t2-,3-,4+,5-,6?/m1/s1. The van der Waals surface area contributed by atoms with E-state index >= 15 is 0 Å². The van der Waals surface area contributed by atoms with E-state index in [2.05, 4.69) is 4.84 Å². The van der Waals surface area contributed by atoms with Gasteiger partial charge < -0.3 is 30.0 Å². The fourth-order valence-corrected chi connectivity index (χ4v) is 1.16. The Morgan fingerprint density at radius 3 is 2.23 bits per heavy atom. The molecule has 1 rings (SSSR count). The summed E-state index contributed by atoms with van der Waals surface area (Å²) < 4.78 is 4.71. The van der Waals surface area contributed by atoms with Crippen LogP contribution in [0.5, 0.6) is 0 Å². The van der Waals surface area contributed by atoms with Crippen molar-refractivity contribution in [3.63, 3.8) is 0 Å². The van der Waals surface area contributed by atoms with Gasteiger partial charge in [-0.15, -0.1) is 0 Å². The quantitative estimate of drug-likeness (QED) is 0.292. The molecule has 78 valence electrons. The van der Waals surface area contributed by atoms with Crippen molar-refractivity contribution in [3.8, 4) is 0 Å². The molecule has 1 fully saturated rings. The highest BCUT2D eigenvalue weighted by atomic mass is 16.7. The molecule has 7 heteroatoms. The monoisotopic (exact) mass is 195 g/mol. The third kappa shape index (κ3) is 2.15. The minimum Gasteiger partial charge on any atom is -0.387 e. The summed E-state index contributed by atoms with van der Waals surface area (Å²) in [5.74, 6) is 4.73. The van der Waals surface area contributed by atoms with Gasteiger partial charge in [0.25, 0.3) is 0 Å². The molecule has 0 amide bonds. The predicted molar refractivity (Wildman–Crippen MR) is 39.0 cm³/mol. The van der Waals surface area contributed by atoms with E-state index in [9.17, 15) is 10.2 Å². The third-order valence-electron chi connectivity index (χ3n) is 1.95. The first kappa shape index (κ1) is 10.8. The van der Waals surface area contributed by atoms with Crippen LogP contribution in [0.4, 0.5) is 0 Å². The Kier molecular flexibility index (Phi) is 3.56. The second-order valence-electron chi connectivity index (χ2n) is 2.87. The van der Waals surface area contributed by atoms with E-state index in [4.69, 9.17) is 20.8 Å². The second-order valence-corrected chi connectivity index (χ2v) is 2.87. The minimum atomic E-state index is -1.54. The van der Waals surface area contributed by atoms with E-state index in [1.807, 2.05) is 0 Å². The topological polar surface area (TPSA) is 125 Å². The van der Waals surface area contributed by atoms with Gasteiger partial charge in [0.1, 0.15) is 24.4 Å². The van der Waals surface area contributed by atoms with Gasteiger partial charge in [0.05, 0.1) is 6.61 Å². The van der Waals surface area contributed by atoms with Crippen molar-refractivity contribution in [1.82, 2.24) is 0 Å². The predicted octanol–water partition coefficient (Wildman–Crippen LogP) is -3.32. The second kappa shape index (κ2) is 4.29. The number of hydrogen-bond acceptors (Lipinski definition) is 7. The number of aliphatic hydroxyl groups excluding tert-OH is 4. The van der Waals surface area contributed by atoms with Gasteiger partial charge in [0.2, 0.25) is 0 Å². The van der Waals surface area contributed by atoms with Crippen molar-refractivity contribution in [1.29, 1.82) is 0 Å². The lowest BCUT2D eigenvalue weighted by atomic mass is 9.99. The summed E-state index contributed by atoms with van der Waals surface area (Å²) in [6, 6.07) is 0. The molecular weight excluding hydrogens is 182 g/mol. The van der Waals surface area contributed by atoms with Crippen LogP contribution < -0.4 is 5.90 Å². The Morgan fingerprint density at radius 2 is 1.69 bits per heavy atom. The van der Waals surface area contributed by atoms with Gasteiger partial charge >= 0.3 is 0 Å². The van der Waals surface area contributed by atoms with E-state index in [1.165, 1.54) is 0 Å². The summed E-state index contributed by atoms with van der Waals surface area (Å²) in [4.78, 5) is 4.19. The molecule has 0 spiro atoms. The Morgan fingerprint density at radius 1 is 1.08 bits per heavy atom. The van der Waals surface area contributed by atoms with Crippen molar-refractivity contribution >= 4 is 0 Å². The first-order valence-corrected chi connectivity index (χ1v) is 3.77. The summed E-state index contributed by atoms with van der Waals surface area (Å²) >= 11 is 0. The fraction of sp³-hybridized carbons (Fsp3) is 1.00. The summed E-state index contributed by atoms with van der Waals surface area (Å²) in [6.07, 6.45) is -6.81. The molecule has 5 atom stereocenters. The molecule has 0 aromatic rings. The molecule has 1 aliphatic rings. The summed E-state index contributed by atoms with van der Waals surface area (Å²) in [5.41, 5.74) is 0. The number of aliphatic hydroxyl groups is 4. The number of hydrogen-bond donors (Lipinski definition) is 5. The van der Waals surface area contributed by atoms with Crippen LogP contribution in [0.3, 0.4) is 0 Å². The van der Waals surface area contributed by atoms with Crippen molar-refractivity contribution in [2.24, 2.45) is 5.90 Å². The molecule has 6 N–H and O–H groups in total. The Hall–Kier alpha value is -0.280. The summed E-state index contributed by atoms with van der Waals surface area (Å²) in [5, 5.41) is 36.5. The molecule has 13 heavy (non-hydrogen) atoms. The average molecular weight is 195 g/mol. The fourth-order valence-electron chi connectivity index (χ4n) is 1.16. The SMILES string of the molecule is NOC[C@H]1OC(O)[C@H](O)[C@@H](O)[C@@H]1O. The van der Waals surface area contributed by atoms with E-state index in [1.54, 1.807) is 0 Å². The Bertz CT molecular complexity index is 167. The van der Waals surface area contributed by atoms with Gasteiger partial charge in [-0.25, -0.2) is 5.90 Å². The molecule has 0 radical (unpaired) electrons. The maximum atomic E-state index is 9.28. The van der Waals surface area contributed by atoms with Crippen LogP contribution in [0, 0.1) is 0 Å². The maximum absolute atomic E-state index is 9.28. The molecule has 0 aliphatic carbocycles. The normalized spacial score (nSPS) is 46.4. The van der Waals surface area contributed by atoms with E-state index < -0.39 is 30.7 Å². The molecule has 0 aromatic heterocycles. The van der Waals surface area contributed by atoms with Crippen molar-refractivity contribution in [3.05, 3.63) is 0 Å². The van der Waals surface area contributed by atoms with Gasteiger partial charge in [-0.05, 0) is 0 Å². The van der Waals surface area contributed by atoms with Crippen molar-refractivity contribution in [2.45, 2.75) is 30.7 Å². The zero-order valence-electron chi connectivity index (χ0n) is 6.78. The van der Waals surface area contributed by atoms with Crippen LogP contribution in [-0.4, -0.2) is 57.7 Å². The third-order valence-corrected chi connectivity index (χ3v) is 1.95. The van der Waals surface area contributed by atoms with Gasteiger partial charge in [-0.1, -0.05) is 0 Å². The average Bonchev–Trinajstić information content (AvgIpc) is 2.11.